The third-order valence-corrected chi connectivity index (χ3v) is 3.60. The van der Waals surface area contributed by atoms with Gasteiger partial charge in [-0.1, -0.05) is 48.5 Å². The Labute approximate surface area is 147 Å². The number of rotatable bonds is 8. The Morgan fingerprint density at radius 3 is 2.32 bits per heavy atom. The summed E-state index contributed by atoms with van der Waals surface area (Å²) in [6, 6.07) is 15.6. The normalized spacial score (nSPS) is 11.8. The maximum Gasteiger partial charge on any atom is 0.326 e. The second kappa shape index (κ2) is 8.87. The molecule has 0 saturated carbocycles. The largest absolute Gasteiger partial charge is 0.491 e. The van der Waals surface area contributed by atoms with Crippen LogP contribution < -0.4 is 10.1 Å². The van der Waals surface area contributed by atoms with Crippen molar-refractivity contribution < 1.29 is 19.4 Å². The van der Waals surface area contributed by atoms with Crippen molar-refractivity contribution in [3.8, 4) is 5.75 Å². The Morgan fingerprint density at radius 2 is 1.68 bits per heavy atom. The number of benzene rings is 2. The van der Waals surface area contributed by atoms with E-state index < -0.39 is 12.0 Å². The molecule has 0 saturated heterocycles. The first kappa shape index (κ1) is 18.5. The van der Waals surface area contributed by atoms with Crippen LogP contribution in [0.1, 0.15) is 25.0 Å². The van der Waals surface area contributed by atoms with Crippen LogP contribution in [0, 0.1) is 0 Å². The van der Waals surface area contributed by atoms with Gasteiger partial charge in [0.2, 0.25) is 5.91 Å². The summed E-state index contributed by atoms with van der Waals surface area (Å²) in [6.45, 7) is 3.83. The van der Waals surface area contributed by atoms with Crippen molar-refractivity contribution in [2.45, 2.75) is 38.8 Å². The van der Waals surface area contributed by atoms with Crippen LogP contribution in [0.2, 0.25) is 0 Å². The lowest BCUT2D eigenvalue weighted by molar-refractivity contribution is -0.141. The minimum Gasteiger partial charge on any atom is -0.491 e. The third-order valence-electron chi connectivity index (χ3n) is 3.60. The quantitative estimate of drug-likeness (QED) is 0.774. The molecule has 2 N–H and O–H groups in total. The lowest BCUT2D eigenvalue weighted by atomic mass is 10.1. The van der Waals surface area contributed by atoms with Gasteiger partial charge >= 0.3 is 5.97 Å². The SMILES string of the molecule is CC(C)Oc1ccccc1CC(=O)NC(Cc1ccccc1)C(=O)O. The van der Waals surface area contributed by atoms with E-state index in [4.69, 9.17) is 4.74 Å². The summed E-state index contributed by atoms with van der Waals surface area (Å²) in [5, 5.41) is 12.0. The molecule has 0 aliphatic heterocycles. The molecule has 0 spiro atoms. The van der Waals surface area contributed by atoms with Gasteiger partial charge in [-0.15, -0.1) is 0 Å². The van der Waals surface area contributed by atoms with E-state index in [0.717, 1.165) is 11.1 Å². The van der Waals surface area contributed by atoms with E-state index in [2.05, 4.69) is 5.32 Å². The maximum atomic E-state index is 12.3. The van der Waals surface area contributed by atoms with Gasteiger partial charge in [-0.05, 0) is 25.5 Å². The summed E-state index contributed by atoms with van der Waals surface area (Å²) in [5.41, 5.74) is 1.59. The highest BCUT2D eigenvalue weighted by atomic mass is 16.5. The van der Waals surface area contributed by atoms with Crippen LogP contribution in [0.25, 0.3) is 0 Å². The molecule has 0 aromatic heterocycles. The minimum absolute atomic E-state index is 0.00550. The van der Waals surface area contributed by atoms with Gasteiger partial charge in [0.1, 0.15) is 11.8 Å². The second-order valence-electron chi connectivity index (χ2n) is 6.10. The highest BCUT2D eigenvalue weighted by molar-refractivity contribution is 5.85. The molecular weight excluding hydrogens is 318 g/mol. The van der Waals surface area contributed by atoms with Gasteiger partial charge in [-0.3, -0.25) is 4.79 Å². The van der Waals surface area contributed by atoms with E-state index >= 15 is 0 Å². The van der Waals surface area contributed by atoms with E-state index in [1.165, 1.54) is 0 Å². The van der Waals surface area contributed by atoms with E-state index in [9.17, 15) is 14.7 Å². The zero-order chi connectivity index (χ0) is 18.2. The summed E-state index contributed by atoms with van der Waals surface area (Å²) in [6.07, 6.45) is 0.308. The summed E-state index contributed by atoms with van der Waals surface area (Å²) in [4.78, 5) is 23.8. The van der Waals surface area contributed by atoms with Crippen molar-refractivity contribution in [2.24, 2.45) is 0 Å². The Morgan fingerprint density at radius 1 is 1.04 bits per heavy atom. The second-order valence-corrected chi connectivity index (χ2v) is 6.10. The first-order valence-corrected chi connectivity index (χ1v) is 8.26. The molecule has 1 amide bonds. The van der Waals surface area contributed by atoms with E-state index in [0.29, 0.717) is 5.75 Å². The van der Waals surface area contributed by atoms with Crippen molar-refractivity contribution in [3.05, 3.63) is 65.7 Å². The predicted octanol–water partition coefficient (Wildman–Crippen LogP) is 2.83. The molecule has 0 aliphatic carbocycles. The predicted molar refractivity (Wildman–Crippen MR) is 95.6 cm³/mol. The summed E-state index contributed by atoms with van der Waals surface area (Å²) in [5.74, 6) is -0.755. The van der Waals surface area contributed by atoms with Gasteiger partial charge in [0.25, 0.3) is 0 Å². The molecule has 132 valence electrons. The number of carboxylic acids is 1. The minimum atomic E-state index is -1.05. The van der Waals surface area contributed by atoms with Crippen molar-refractivity contribution in [2.75, 3.05) is 0 Å². The topological polar surface area (TPSA) is 75.6 Å². The highest BCUT2D eigenvalue weighted by Gasteiger charge is 2.21. The Kier molecular flexibility index (Phi) is 6.57. The van der Waals surface area contributed by atoms with Gasteiger partial charge < -0.3 is 15.2 Å². The average Bonchev–Trinajstić information content (AvgIpc) is 2.56. The number of hydrogen-bond acceptors (Lipinski definition) is 3. The monoisotopic (exact) mass is 341 g/mol. The number of carbonyl (C=O) groups excluding carboxylic acids is 1. The number of aliphatic carboxylic acids is 1. The molecule has 0 fully saturated rings. The molecular formula is C20H23NO4. The summed E-state index contributed by atoms with van der Waals surface area (Å²) in [7, 11) is 0. The molecule has 1 unspecified atom stereocenters. The number of ether oxygens (including phenoxy) is 1. The highest BCUT2D eigenvalue weighted by Crippen LogP contribution is 2.20. The van der Waals surface area contributed by atoms with Crippen LogP contribution in [-0.2, 0) is 22.4 Å². The number of hydrogen-bond donors (Lipinski definition) is 2. The Balaban J connectivity index is 2.03. The number of para-hydroxylation sites is 1. The van der Waals surface area contributed by atoms with Gasteiger partial charge in [0, 0.05) is 12.0 Å². The van der Waals surface area contributed by atoms with E-state index in [1.54, 1.807) is 6.07 Å². The van der Waals surface area contributed by atoms with E-state index in [1.807, 2.05) is 62.4 Å². The molecule has 0 radical (unpaired) electrons. The smallest absolute Gasteiger partial charge is 0.326 e. The zero-order valence-electron chi connectivity index (χ0n) is 14.4. The van der Waals surface area contributed by atoms with Crippen molar-refractivity contribution in [3.63, 3.8) is 0 Å². The summed E-state index contributed by atoms with van der Waals surface area (Å²) < 4.78 is 5.70. The molecule has 2 aromatic rings. The van der Waals surface area contributed by atoms with Gasteiger partial charge in [-0.2, -0.15) is 0 Å². The fourth-order valence-electron chi connectivity index (χ4n) is 2.49. The molecule has 2 rings (SSSR count). The lowest BCUT2D eigenvalue weighted by Gasteiger charge is -2.17. The number of nitrogens with one attached hydrogen (secondary N) is 1. The van der Waals surface area contributed by atoms with Crippen molar-refractivity contribution in [1.29, 1.82) is 0 Å². The van der Waals surface area contributed by atoms with Gasteiger partial charge in [0.15, 0.2) is 0 Å². The lowest BCUT2D eigenvalue weighted by Crippen LogP contribution is -2.43. The number of carboxylic acid groups (broad SMARTS) is 1. The molecule has 5 heteroatoms. The maximum absolute atomic E-state index is 12.3. The van der Waals surface area contributed by atoms with Gasteiger partial charge in [-0.25, -0.2) is 4.79 Å². The summed E-state index contributed by atoms with van der Waals surface area (Å²) >= 11 is 0. The number of amides is 1. The standard InChI is InChI=1S/C20H23NO4/c1-14(2)25-18-11-7-6-10-16(18)13-19(22)21-17(20(23)24)12-15-8-4-3-5-9-15/h3-11,14,17H,12-13H2,1-2H3,(H,21,22)(H,23,24). The van der Waals surface area contributed by atoms with E-state index in [-0.39, 0.29) is 24.9 Å². The fraction of sp³-hybridized carbons (Fsp3) is 0.300. The fourth-order valence-corrected chi connectivity index (χ4v) is 2.49. The number of carbonyl (C=O) groups is 2. The Hall–Kier alpha value is -2.82. The average molecular weight is 341 g/mol. The van der Waals surface area contributed by atoms with Crippen LogP contribution in [0.15, 0.2) is 54.6 Å². The molecule has 0 bridgehead atoms. The molecule has 0 aliphatic rings. The van der Waals surface area contributed by atoms with Crippen LogP contribution in [0.5, 0.6) is 5.75 Å². The van der Waals surface area contributed by atoms with Crippen molar-refractivity contribution in [1.82, 2.24) is 5.32 Å². The van der Waals surface area contributed by atoms with Crippen LogP contribution in [-0.4, -0.2) is 29.1 Å². The molecule has 0 heterocycles. The third kappa shape index (κ3) is 5.95. The molecule has 25 heavy (non-hydrogen) atoms. The first-order valence-electron chi connectivity index (χ1n) is 8.26. The van der Waals surface area contributed by atoms with Crippen LogP contribution in [0.3, 0.4) is 0 Å². The Bertz CT molecular complexity index is 713. The van der Waals surface area contributed by atoms with Crippen LogP contribution >= 0.6 is 0 Å². The van der Waals surface area contributed by atoms with Crippen LogP contribution in [0.4, 0.5) is 0 Å². The van der Waals surface area contributed by atoms with Crippen molar-refractivity contribution >= 4 is 11.9 Å². The molecule has 2 aromatic carbocycles. The molecule has 5 nitrogen and oxygen atoms in total. The molecule has 1 atom stereocenters. The zero-order valence-corrected chi connectivity index (χ0v) is 14.4. The van der Waals surface area contributed by atoms with Gasteiger partial charge in [0.05, 0.1) is 12.5 Å². The first-order chi connectivity index (χ1) is 12.0.